The van der Waals surface area contributed by atoms with Crippen molar-refractivity contribution in [1.82, 2.24) is 0 Å². The van der Waals surface area contributed by atoms with Crippen LogP contribution in [0.5, 0.6) is 0 Å². The molecule has 2 aliphatic rings. The van der Waals surface area contributed by atoms with E-state index >= 15 is 0 Å². The van der Waals surface area contributed by atoms with Crippen molar-refractivity contribution < 1.29 is 0 Å². The molecule has 0 N–H and O–H groups in total. The first kappa shape index (κ1) is 23.4. The minimum atomic E-state index is -2.24. The standard InChI is InChI=1S/C29H34S4Si/c1-14(2)17-10-20-25(30-17)26-21(11-18(31-26)15(3)4)34(20)22-12-19(16(5)6)32-27(22)28-23(34)13-24(33-28)29(7,8)9/h10-16H,1-9H3. The van der Waals surface area contributed by atoms with Gasteiger partial charge in [-0.2, -0.15) is 0 Å². The fourth-order valence-corrected chi connectivity index (χ4v) is 18.4. The summed E-state index contributed by atoms with van der Waals surface area (Å²) in [5.74, 6) is 1.74. The number of hydrogen-bond acceptors (Lipinski definition) is 4. The molecular weight excluding hydrogens is 505 g/mol. The van der Waals surface area contributed by atoms with Gasteiger partial charge in [-0.25, -0.2) is 0 Å². The van der Waals surface area contributed by atoms with E-state index in [4.69, 9.17) is 0 Å². The Balaban J connectivity index is 1.75. The lowest BCUT2D eigenvalue weighted by Gasteiger charge is -2.25. The summed E-state index contributed by atoms with van der Waals surface area (Å²) in [7, 11) is -2.24. The highest BCUT2D eigenvalue weighted by atomic mass is 32.1. The zero-order valence-corrected chi connectivity index (χ0v) is 25.9. The quantitative estimate of drug-likeness (QED) is 0.201. The monoisotopic (exact) mass is 538 g/mol. The highest BCUT2D eigenvalue weighted by Crippen LogP contribution is 2.49. The molecule has 0 amide bonds. The maximum absolute atomic E-state index is 2.65. The SMILES string of the molecule is CC(C)c1cc2c(s1)-c1sc(C(C)C)cc1[Si]21c2cc(C(C)C)sc2-c2sc(C(C)(C)C)cc21. The van der Waals surface area contributed by atoms with Gasteiger partial charge in [-0.15, -0.1) is 45.3 Å². The molecule has 0 nitrogen and oxygen atoms in total. The number of rotatable bonds is 3. The smallest absolute Gasteiger partial charge is 0.139 e. The molecular formula is C29H34S4Si. The Kier molecular flexibility index (Phi) is 5.18. The van der Waals surface area contributed by atoms with Crippen LogP contribution in [0.3, 0.4) is 0 Å². The Bertz CT molecular complexity index is 1370. The van der Waals surface area contributed by atoms with Gasteiger partial charge in [0.2, 0.25) is 0 Å². The maximum Gasteiger partial charge on any atom is 0.185 e. The Labute approximate surface area is 221 Å². The van der Waals surface area contributed by atoms with Crippen LogP contribution in [-0.2, 0) is 5.41 Å². The highest BCUT2D eigenvalue weighted by molar-refractivity contribution is 7.39. The van der Waals surface area contributed by atoms with Gasteiger partial charge in [-0.05, 0) is 68.2 Å². The van der Waals surface area contributed by atoms with Gasteiger partial charge in [0.1, 0.15) is 0 Å². The van der Waals surface area contributed by atoms with Crippen molar-refractivity contribution in [3.63, 3.8) is 0 Å². The highest BCUT2D eigenvalue weighted by Gasteiger charge is 2.58. The zero-order valence-electron chi connectivity index (χ0n) is 21.7. The summed E-state index contributed by atoms with van der Waals surface area (Å²) in [4.78, 5) is 12.6. The molecule has 0 aliphatic carbocycles. The third kappa shape index (κ3) is 2.97. The van der Waals surface area contributed by atoms with Crippen molar-refractivity contribution in [2.24, 2.45) is 0 Å². The molecule has 6 heterocycles. The van der Waals surface area contributed by atoms with Gasteiger partial charge in [0, 0.05) is 39.0 Å². The summed E-state index contributed by atoms with van der Waals surface area (Å²) in [6.45, 7) is 21.3. The van der Waals surface area contributed by atoms with E-state index < -0.39 is 8.07 Å². The molecule has 0 aromatic carbocycles. The minimum Gasteiger partial charge on any atom is -0.139 e. The molecule has 6 rings (SSSR count). The second-order valence-corrected chi connectivity index (χ2v) is 20.0. The van der Waals surface area contributed by atoms with Gasteiger partial charge in [0.25, 0.3) is 0 Å². The summed E-state index contributed by atoms with van der Waals surface area (Å²) >= 11 is 8.34. The van der Waals surface area contributed by atoms with Crippen LogP contribution in [0.15, 0.2) is 24.3 Å². The Morgan fingerprint density at radius 3 is 1.18 bits per heavy atom. The summed E-state index contributed by atoms with van der Waals surface area (Å²) in [6, 6.07) is 10.6. The molecule has 0 saturated carbocycles. The van der Waals surface area contributed by atoms with Crippen LogP contribution in [0, 0.1) is 0 Å². The van der Waals surface area contributed by atoms with E-state index in [2.05, 4.69) is 132 Å². The average molecular weight is 539 g/mol. The molecule has 0 atom stereocenters. The summed E-state index contributed by atoms with van der Waals surface area (Å²) in [5, 5.41) is 6.79. The van der Waals surface area contributed by atoms with Crippen LogP contribution in [0.2, 0.25) is 0 Å². The normalized spacial score (nSPS) is 15.6. The molecule has 178 valence electrons. The molecule has 2 aliphatic heterocycles. The molecule has 0 unspecified atom stereocenters. The van der Waals surface area contributed by atoms with E-state index in [1.807, 2.05) is 0 Å². The number of thiophene rings is 4. The molecule has 4 aromatic heterocycles. The van der Waals surface area contributed by atoms with Gasteiger partial charge in [-0.1, -0.05) is 62.3 Å². The molecule has 5 heteroatoms. The van der Waals surface area contributed by atoms with Gasteiger partial charge in [-0.3, -0.25) is 0 Å². The first-order valence-corrected chi connectivity index (χ1v) is 17.8. The molecule has 4 aromatic rings. The van der Waals surface area contributed by atoms with E-state index in [9.17, 15) is 0 Å². The molecule has 0 radical (unpaired) electrons. The molecule has 0 bridgehead atoms. The lowest BCUT2D eigenvalue weighted by molar-refractivity contribution is 0.604. The first-order chi connectivity index (χ1) is 15.9. The first-order valence-electron chi connectivity index (χ1n) is 12.5. The van der Waals surface area contributed by atoms with Crippen LogP contribution in [0.4, 0.5) is 0 Å². The van der Waals surface area contributed by atoms with Crippen molar-refractivity contribution in [3.05, 3.63) is 43.8 Å². The summed E-state index contributed by atoms with van der Waals surface area (Å²) in [5.41, 5.74) is 0.183. The van der Waals surface area contributed by atoms with Crippen molar-refractivity contribution in [2.45, 2.75) is 85.5 Å². The Morgan fingerprint density at radius 2 is 0.853 bits per heavy atom. The van der Waals surface area contributed by atoms with Crippen LogP contribution in [0.1, 0.15) is 99.6 Å². The predicted molar refractivity (Wildman–Crippen MR) is 161 cm³/mol. The van der Waals surface area contributed by atoms with Gasteiger partial charge in [0.15, 0.2) is 8.07 Å². The van der Waals surface area contributed by atoms with Gasteiger partial charge >= 0.3 is 0 Å². The third-order valence-corrected chi connectivity index (χ3v) is 19.2. The van der Waals surface area contributed by atoms with E-state index in [1.54, 1.807) is 59.8 Å². The molecule has 0 saturated heterocycles. The van der Waals surface area contributed by atoms with Crippen molar-refractivity contribution in [2.75, 3.05) is 0 Å². The predicted octanol–water partition coefficient (Wildman–Crippen LogP) is 7.94. The maximum atomic E-state index is 2.65. The second kappa shape index (κ2) is 7.52. The van der Waals surface area contributed by atoms with Gasteiger partial charge in [0.05, 0.1) is 0 Å². The van der Waals surface area contributed by atoms with E-state index in [-0.39, 0.29) is 5.41 Å². The topological polar surface area (TPSA) is 0 Å². The molecule has 0 fully saturated rings. The van der Waals surface area contributed by atoms with Crippen LogP contribution in [-0.4, -0.2) is 8.07 Å². The van der Waals surface area contributed by atoms with E-state index in [0.717, 1.165) is 0 Å². The lowest BCUT2D eigenvalue weighted by Crippen LogP contribution is -2.70. The Morgan fingerprint density at radius 1 is 0.529 bits per heavy atom. The third-order valence-electron chi connectivity index (χ3n) is 7.46. The van der Waals surface area contributed by atoms with Crippen LogP contribution < -0.4 is 20.7 Å². The number of fused-ring (bicyclic) bond motifs is 10. The molecule has 1 spiro atoms. The second-order valence-electron chi connectivity index (χ2n) is 12.0. The Hall–Kier alpha value is -0.983. The summed E-state index contributed by atoms with van der Waals surface area (Å²) < 4.78 is 0. The fraction of sp³-hybridized carbons (Fsp3) is 0.448. The zero-order chi connectivity index (χ0) is 24.3. The van der Waals surface area contributed by atoms with Gasteiger partial charge < -0.3 is 0 Å². The van der Waals surface area contributed by atoms with Crippen molar-refractivity contribution in [3.8, 4) is 19.5 Å². The minimum absolute atomic E-state index is 0.183. The lowest BCUT2D eigenvalue weighted by atomic mass is 9.95. The van der Waals surface area contributed by atoms with Crippen LogP contribution in [0.25, 0.3) is 19.5 Å². The fourth-order valence-electron chi connectivity index (χ4n) is 5.50. The number of hydrogen-bond donors (Lipinski definition) is 0. The van der Waals surface area contributed by atoms with Crippen LogP contribution >= 0.6 is 45.3 Å². The summed E-state index contributed by atoms with van der Waals surface area (Å²) in [6.07, 6.45) is 0. The largest absolute Gasteiger partial charge is 0.185 e. The van der Waals surface area contributed by atoms with E-state index in [1.165, 1.54) is 0 Å². The molecule has 34 heavy (non-hydrogen) atoms. The average Bonchev–Trinajstić information content (AvgIpc) is 3.50. The van der Waals surface area contributed by atoms with Crippen molar-refractivity contribution >= 4 is 74.2 Å². The van der Waals surface area contributed by atoms with E-state index in [0.29, 0.717) is 17.8 Å². The van der Waals surface area contributed by atoms with Crippen molar-refractivity contribution in [1.29, 1.82) is 0 Å².